The smallest absolute Gasteiger partial charge is 0.341 e. The highest BCUT2D eigenvalue weighted by molar-refractivity contribution is 7.78. The van der Waals surface area contributed by atoms with Crippen LogP contribution in [0.4, 0.5) is 0 Å². The van der Waals surface area contributed by atoms with E-state index in [1.165, 1.54) is 0 Å². The average Bonchev–Trinajstić information content (AvgIpc) is 1.61. The Morgan fingerprint density at radius 2 is 2.57 bits per heavy atom. The van der Waals surface area contributed by atoms with Gasteiger partial charge in [0, 0.05) is 0 Å². The first-order valence-electron chi connectivity index (χ1n) is 1.54. The van der Waals surface area contributed by atoms with E-state index in [-0.39, 0.29) is 6.61 Å². The predicted molar refractivity (Wildman–Crippen MR) is 27.2 cm³/mol. The van der Waals surface area contributed by atoms with Crippen LogP contribution in [0.3, 0.4) is 0 Å². The van der Waals surface area contributed by atoms with Crippen molar-refractivity contribution in [2.45, 2.75) is 0 Å². The summed E-state index contributed by atoms with van der Waals surface area (Å²) in [4.78, 5) is 9.57. The second-order valence-corrected chi connectivity index (χ2v) is 0.993. The number of hydrogen-bond donors (Lipinski definition) is 1. The summed E-state index contributed by atoms with van der Waals surface area (Å²) in [6.07, 6.45) is 0. The minimum absolute atomic E-state index is 0.344. The van der Waals surface area contributed by atoms with Crippen LogP contribution in [0, 0.1) is 0 Å². The third kappa shape index (κ3) is 5.36. The molecule has 0 spiro atoms. The van der Waals surface area contributed by atoms with E-state index in [2.05, 4.69) is 17.0 Å². The largest absolute Gasteiger partial charge is 0.479 e. The van der Waals surface area contributed by atoms with E-state index in [1.807, 2.05) is 0 Å². The number of rotatable bonds is 3. The van der Waals surface area contributed by atoms with E-state index in [0.29, 0.717) is 0 Å². The van der Waals surface area contributed by atoms with Crippen molar-refractivity contribution in [2.24, 2.45) is 0 Å². The molecular formula is C3H4O3S. The molecule has 40 valence electrons. The van der Waals surface area contributed by atoms with Crippen molar-refractivity contribution in [3.63, 3.8) is 0 Å². The summed E-state index contributed by atoms with van der Waals surface area (Å²) >= 11 is 4.16. The van der Waals surface area contributed by atoms with Gasteiger partial charge in [-0.25, -0.2) is 4.79 Å². The fourth-order valence-electron chi connectivity index (χ4n) is 0.105. The topological polar surface area (TPSA) is 46.5 Å². The van der Waals surface area contributed by atoms with Gasteiger partial charge in [0.25, 0.3) is 0 Å². The maximum Gasteiger partial charge on any atom is 0.341 e. The van der Waals surface area contributed by atoms with Gasteiger partial charge in [0.1, 0.15) is 5.55 Å². The van der Waals surface area contributed by atoms with Crippen LogP contribution >= 0.6 is 12.2 Å². The van der Waals surface area contributed by atoms with Crippen molar-refractivity contribution in [3.05, 3.63) is 0 Å². The average molecular weight is 120 g/mol. The van der Waals surface area contributed by atoms with Crippen molar-refractivity contribution in [1.29, 1.82) is 0 Å². The molecule has 1 N–H and O–H groups in total. The molecule has 0 radical (unpaired) electrons. The molecule has 0 aliphatic carbocycles. The van der Waals surface area contributed by atoms with Gasteiger partial charge in [-0.15, -0.1) is 0 Å². The highest BCUT2D eigenvalue weighted by Gasteiger charge is 1.89. The lowest BCUT2D eigenvalue weighted by atomic mass is 10.8. The van der Waals surface area contributed by atoms with E-state index in [9.17, 15) is 4.79 Å². The van der Waals surface area contributed by atoms with Crippen LogP contribution in [-0.2, 0) is 9.53 Å². The zero-order valence-corrected chi connectivity index (χ0v) is 4.27. The number of thiocarbonyl (C=S) groups is 1. The molecule has 0 amide bonds. The first kappa shape index (κ1) is 6.36. The fraction of sp³-hybridized carbons (Fsp3) is 0.333. The number of carboxylic acid groups (broad SMARTS) is 1. The second kappa shape index (κ2) is 3.55. The first-order chi connectivity index (χ1) is 3.27. The second-order valence-electron chi connectivity index (χ2n) is 0.801. The van der Waals surface area contributed by atoms with Crippen LogP contribution in [0.1, 0.15) is 0 Å². The molecule has 0 aliphatic rings. The van der Waals surface area contributed by atoms with E-state index in [4.69, 9.17) is 5.11 Å². The normalized spacial score (nSPS) is 7.43. The van der Waals surface area contributed by atoms with Gasteiger partial charge in [0.15, 0.2) is 6.61 Å². The number of carbonyl (C=O) groups is 1. The molecule has 0 aromatic heterocycles. The monoisotopic (exact) mass is 120 g/mol. The van der Waals surface area contributed by atoms with E-state index in [1.54, 1.807) is 0 Å². The van der Waals surface area contributed by atoms with Crippen LogP contribution in [0.2, 0.25) is 0 Å². The molecule has 0 aromatic carbocycles. The summed E-state index contributed by atoms with van der Waals surface area (Å²) < 4.78 is 4.19. The molecule has 0 saturated heterocycles. The van der Waals surface area contributed by atoms with Crippen LogP contribution in [0.15, 0.2) is 0 Å². The number of carboxylic acids is 1. The molecule has 0 fully saturated rings. The van der Waals surface area contributed by atoms with E-state index < -0.39 is 5.97 Å². The van der Waals surface area contributed by atoms with Crippen molar-refractivity contribution >= 4 is 23.7 Å². The van der Waals surface area contributed by atoms with Gasteiger partial charge in [-0.3, -0.25) is 0 Å². The standard InChI is InChI=1S/C3H4O3S/c4-3(5)1-6-2-7/h2H,1H2,(H,4,5). The zero-order valence-electron chi connectivity index (χ0n) is 3.46. The molecule has 7 heavy (non-hydrogen) atoms. The Bertz CT molecular complexity index is 80.2. The van der Waals surface area contributed by atoms with Crippen LogP contribution in [-0.4, -0.2) is 23.2 Å². The van der Waals surface area contributed by atoms with Crippen LogP contribution in [0.25, 0.3) is 0 Å². The highest BCUT2D eigenvalue weighted by Crippen LogP contribution is 1.66. The Morgan fingerprint density at radius 3 is 2.71 bits per heavy atom. The third-order valence-corrected chi connectivity index (χ3v) is 0.411. The molecule has 4 heteroatoms. The van der Waals surface area contributed by atoms with Gasteiger partial charge < -0.3 is 9.84 Å². The van der Waals surface area contributed by atoms with Crippen molar-refractivity contribution < 1.29 is 14.6 Å². The lowest BCUT2D eigenvalue weighted by Crippen LogP contribution is -2.04. The van der Waals surface area contributed by atoms with Gasteiger partial charge in [0.05, 0.1) is 0 Å². The number of ether oxygens (including phenoxy) is 1. The first-order valence-corrected chi connectivity index (χ1v) is 2.01. The molecule has 0 saturated carbocycles. The Balaban J connectivity index is 2.97. The van der Waals surface area contributed by atoms with Crippen molar-refractivity contribution in [2.75, 3.05) is 6.61 Å². The van der Waals surface area contributed by atoms with Crippen LogP contribution in [0.5, 0.6) is 0 Å². The maximum atomic E-state index is 9.57. The minimum atomic E-state index is -1.01. The summed E-state index contributed by atoms with van der Waals surface area (Å²) in [6, 6.07) is 0. The minimum Gasteiger partial charge on any atom is -0.479 e. The summed E-state index contributed by atoms with van der Waals surface area (Å²) in [5, 5.41) is 7.85. The quantitative estimate of drug-likeness (QED) is 0.534. The molecule has 3 nitrogen and oxygen atoms in total. The molecule has 0 heterocycles. The van der Waals surface area contributed by atoms with Gasteiger partial charge in [-0.05, 0) is 12.2 Å². The summed E-state index contributed by atoms with van der Waals surface area (Å²) in [5.74, 6) is -1.01. The molecule has 0 atom stereocenters. The van der Waals surface area contributed by atoms with E-state index in [0.717, 1.165) is 5.55 Å². The molecule has 0 aliphatic heterocycles. The highest BCUT2D eigenvalue weighted by atomic mass is 32.1. The van der Waals surface area contributed by atoms with Gasteiger partial charge in [-0.2, -0.15) is 0 Å². The lowest BCUT2D eigenvalue weighted by molar-refractivity contribution is -0.139. The maximum absolute atomic E-state index is 9.57. The predicted octanol–water partition coefficient (Wildman–Crippen LogP) is 0.0448. The Kier molecular flexibility index (Phi) is 3.22. The van der Waals surface area contributed by atoms with Crippen LogP contribution < -0.4 is 0 Å². The van der Waals surface area contributed by atoms with Gasteiger partial charge >= 0.3 is 5.97 Å². The Morgan fingerprint density at radius 1 is 2.00 bits per heavy atom. The number of hydrogen-bond acceptors (Lipinski definition) is 3. The summed E-state index contributed by atoms with van der Waals surface area (Å²) in [7, 11) is 0. The zero-order chi connectivity index (χ0) is 5.70. The lowest BCUT2D eigenvalue weighted by Gasteiger charge is -1.87. The molecule has 0 unspecified atom stereocenters. The Labute approximate surface area is 45.9 Å². The molecule has 0 bridgehead atoms. The number of aliphatic carboxylic acids is 1. The van der Waals surface area contributed by atoms with Crippen molar-refractivity contribution in [3.8, 4) is 0 Å². The molecular weight excluding hydrogens is 116 g/mol. The SMILES string of the molecule is O=C(O)COC=S. The van der Waals surface area contributed by atoms with Gasteiger partial charge in [0.2, 0.25) is 0 Å². The van der Waals surface area contributed by atoms with Gasteiger partial charge in [-0.1, -0.05) is 0 Å². The third-order valence-electron chi connectivity index (χ3n) is 0.275. The summed E-state index contributed by atoms with van der Waals surface area (Å²) in [6.45, 7) is -0.344. The Hall–Kier alpha value is -0.640. The summed E-state index contributed by atoms with van der Waals surface area (Å²) in [5.41, 5.74) is 0.925. The molecule has 0 aromatic rings. The fourth-order valence-corrected chi connectivity index (χ4v) is 0.173. The van der Waals surface area contributed by atoms with Crippen molar-refractivity contribution in [1.82, 2.24) is 0 Å². The van der Waals surface area contributed by atoms with E-state index >= 15 is 0 Å². The molecule has 0 rings (SSSR count).